The largest absolute Gasteiger partial charge is 0.495 e. The second kappa shape index (κ2) is 9.30. The van der Waals surface area contributed by atoms with E-state index in [9.17, 15) is 4.79 Å². The van der Waals surface area contributed by atoms with E-state index in [2.05, 4.69) is 10.6 Å². The highest BCUT2D eigenvalue weighted by molar-refractivity contribution is 6.32. The van der Waals surface area contributed by atoms with Crippen LogP contribution in [0.2, 0.25) is 5.02 Å². The number of carbonyl (C=O) groups is 1. The fraction of sp³-hybridized carbons (Fsp3) is 0.316. The summed E-state index contributed by atoms with van der Waals surface area (Å²) in [5.41, 5.74) is 1.71. The molecule has 0 spiro atoms. The van der Waals surface area contributed by atoms with Crippen molar-refractivity contribution < 1.29 is 14.3 Å². The number of nitrogens with one attached hydrogen (secondary N) is 2. The second-order valence-corrected chi connectivity index (χ2v) is 6.22. The third kappa shape index (κ3) is 6.29. The fourth-order valence-electron chi connectivity index (χ4n) is 2.23. The van der Waals surface area contributed by atoms with Gasteiger partial charge in [-0.2, -0.15) is 0 Å². The van der Waals surface area contributed by atoms with Crippen LogP contribution in [-0.2, 0) is 11.3 Å². The van der Waals surface area contributed by atoms with E-state index in [0.29, 0.717) is 23.0 Å². The van der Waals surface area contributed by atoms with Gasteiger partial charge in [0.25, 0.3) is 0 Å². The van der Waals surface area contributed by atoms with Gasteiger partial charge < -0.3 is 20.1 Å². The summed E-state index contributed by atoms with van der Waals surface area (Å²) < 4.78 is 10.7. The van der Waals surface area contributed by atoms with Crippen LogP contribution in [0.15, 0.2) is 42.5 Å². The molecule has 0 unspecified atom stereocenters. The summed E-state index contributed by atoms with van der Waals surface area (Å²) in [7, 11) is 1.55. The van der Waals surface area contributed by atoms with E-state index in [4.69, 9.17) is 21.1 Å². The summed E-state index contributed by atoms with van der Waals surface area (Å²) in [6.45, 7) is 4.78. The van der Waals surface area contributed by atoms with Crippen molar-refractivity contribution in [1.29, 1.82) is 0 Å². The molecule has 0 bridgehead atoms. The van der Waals surface area contributed by atoms with Crippen molar-refractivity contribution in [3.63, 3.8) is 0 Å². The van der Waals surface area contributed by atoms with Crippen molar-refractivity contribution in [2.75, 3.05) is 19.0 Å². The molecule has 0 atom stereocenters. The van der Waals surface area contributed by atoms with Crippen LogP contribution in [0.4, 0.5) is 5.69 Å². The molecule has 0 saturated heterocycles. The Balaban J connectivity index is 1.77. The number of anilines is 1. The van der Waals surface area contributed by atoms with E-state index in [1.807, 2.05) is 38.1 Å². The SMILES string of the molecule is COc1ccc(NC(=O)CNCc2ccc(OC(C)C)cc2)cc1Cl. The molecule has 1 amide bonds. The van der Waals surface area contributed by atoms with Gasteiger partial charge in [-0.25, -0.2) is 0 Å². The summed E-state index contributed by atoms with van der Waals surface area (Å²) in [4.78, 5) is 12.0. The summed E-state index contributed by atoms with van der Waals surface area (Å²) in [6.07, 6.45) is 0.152. The number of amides is 1. The van der Waals surface area contributed by atoms with Gasteiger partial charge in [0.2, 0.25) is 5.91 Å². The van der Waals surface area contributed by atoms with Crippen LogP contribution in [0.25, 0.3) is 0 Å². The number of rotatable bonds is 8. The molecule has 5 nitrogen and oxygen atoms in total. The second-order valence-electron chi connectivity index (χ2n) is 5.81. The molecule has 0 saturated carbocycles. The lowest BCUT2D eigenvalue weighted by molar-refractivity contribution is -0.115. The standard InChI is InChI=1S/C19H23ClN2O3/c1-13(2)25-16-7-4-14(5-8-16)11-21-12-19(23)22-15-6-9-18(24-3)17(20)10-15/h4-10,13,21H,11-12H2,1-3H3,(H,22,23). The Morgan fingerprint density at radius 3 is 2.48 bits per heavy atom. The average molecular weight is 363 g/mol. The molecule has 0 heterocycles. The van der Waals surface area contributed by atoms with Crippen LogP contribution in [0.1, 0.15) is 19.4 Å². The Kier molecular flexibility index (Phi) is 7.10. The zero-order chi connectivity index (χ0) is 18.2. The Bertz CT molecular complexity index is 702. The van der Waals surface area contributed by atoms with Gasteiger partial charge in [-0.1, -0.05) is 23.7 Å². The van der Waals surface area contributed by atoms with Gasteiger partial charge in [0.1, 0.15) is 11.5 Å². The quantitative estimate of drug-likeness (QED) is 0.748. The molecule has 25 heavy (non-hydrogen) atoms. The number of halogens is 1. The Morgan fingerprint density at radius 1 is 1.16 bits per heavy atom. The molecule has 0 aromatic heterocycles. The van der Waals surface area contributed by atoms with Crippen LogP contribution >= 0.6 is 11.6 Å². The fourth-order valence-corrected chi connectivity index (χ4v) is 2.49. The third-order valence-corrected chi connectivity index (χ3v) is 3.64. The molecular formula is C19H23ClN2O3. The van der Waals surface area contributed by atoms with Crippen molar-refractivity contribution in [1.82, 2.24) is 5.32 Å². The predicted octanol–water partition coefficient (Wildman–Crippen LogP) is 3.86. The number of hydrogen-bond donors (Lipinski definition) is 2. The molecule has 0 aliphatic carbocycles. The predicted molar refractivity (Wildman–Crippen MR) is 101 cm³/mol. The van der Waals surface area contributed by atoms with Gasteiger partial charge in [0.05, 0.1) is 24.8 Å². The van der Waals surface area contributed by atoms with Gasteiger partial charge in [-0.15, -0.1) is 0 Å². The first-order valence-corrected chi connectivity index (χ1v) is 8.45. The summed E-state index contributed by atoms with van der Waals surface area (Å²) in [5.74, 6) is 1.27. The molecule has 2 N–H and O–H groups in total. The minimum Gasteiger partial charge on any atom is -0.495 e. The minimum atomic E-state index is -0.138. The molecule has 2 aromatic carbocycles. The highest BCUT2D eigenvalue weighted by Crippen LogP contribution is 2.27. The first kappa shape index (κ1) is 19.1. The number of ether oxygens (including phenoxy) is 2. The number of hydrogen-bond acceptors (Lipinski definition) is 4. The van der Waals surface area contributed by atoms with Crippen molar-refractivity contribution in [3.05, 3.63) is 53.1 Å². The first-order valence-electron chi connectivity index (χ1n) is 8.07. The highest BCUT2D eigenvalue weighted by Gasteiger charge is 2.06. The van der Waals surface area contributed by atoms with Crippen molar-refractivity contribution in [2.45, 2.75) is 26.5 Å². The molecule has 2 rings (SSSR count). The number of carbonyl (C=O) groups excluding carboxylic acids is 1. The molecule has 6 heteroatoms. The zero-order valence-electron chi connectivity index (χ0n) is 14.6. The monoisotopic (exact) mass is 362 g/mol. The van der Waals surface area contributed by atoms with Crippen LogP contribution in [0, 0.1) is 0 Å². The maximum absolute atomic E-state index is 12.0. The molecule has 0 radical (unpaired) electrons. The minimum absolute atomic E-state index is 0.138. The van der Waals surface area contributed by atoms with Crippen molar-refractivity contribution in [2.24, 2.45) is 0 Å². The van der Waals surface area contributed by atoms with Gasteiger partial charge >= 0.3 is 0 Å². The molecule has 0 fully saturated rings. The van der Waals surface area contributed by atoms with Gasteiger partial charge in [0.15, 0.2) is 0 Å². The van der Waals surface area contributed by atoms with Crippen molar-refractivity contribution >= 4 is 23.2 Å². The maximum Gasteiger partial charge on any atom is 0.238 e. The molecule has 2 aromatic rings. The Labute approximate surface area is 153 Å². The number of benzene rings is 2. The van der Waals surface area contributed by atoms with E-state index in [1.165, 1.54) is 0 Å². The van der Waals surface area contributed by atoms with Gasteiger partial charge in [-0.3, -0.25) is 4.79 Å². The van der Waals surface area contributed by atoms with Crippen LogP contribution in [-0.4, -0.2) is 25.7 Å². The summed E-state index contributed by atoms with van der Waals surface area (Å²) in [5, 5.41) is 6.35. The smallest absolute Gasteiger partial charge is 0.238 e. The first-order chi connectivity index (χ1) is 12.0. The van der Waals surface area contributed by atoms with Gasteiger partial charge in [-0.05, 0) is 49.7 Å². The van der Waals surface area contributed by atoms with Crippen LogP contribution in [0.5, 0.6) is 11.5 Å². The van der Waals surface area contributed by atoms with Gasteiger partial charge in [0, 0.05) is 12.2 Å². The summed E-state index contributed by atoms with van der Waals surface area (Å²) in [6, 6.07) is 12.9. The lowest BCUT2D eigenvalue weighted by Crippen LogP contribution is -2.27. The van der Waals surface area contributed by atoms with E-state index in [-0.39, 0.29) is 18.6 Å². The van der Waals surface area contributed by atoms with E-state index >= 15 is 0 Å². The normalized spacial score (nSPS) is 10.6. The van der Waals surface area contributed by atoms with E-state index in [0.717, 1.165) is 11.3 Å². The van der Waals surface area contributed by atoms with E-state index in [1.54, 1.807) is 25.3 Å². The maximum atomic E-state index is 12.0. The van der Waals surface area contributed by atoms with E-state index < -0.39 is 0 Å². The average Bonchev–Trinajstić information content (AvgIpc) is 2.56. The lowest BCUT2D eigenvalue weighted by atomic mass is 10.2. The third-order valence-electron chi connectivity index (χ3n) is 3.35. The lowest BCUT2D eigenvalue weighted by Gasteiger charge is -2.11. The van der Waals surface area contributed by atoms with Crippen LogP contribution < -0.4 is 20.1 Å². The Hall–Kier alpha value is -2.24. The Morgan fingerprint density at radius 2 is 1.88 bits per heavy atom. The summed E-state index contributed by atoms with van der Waals surface area (Å²) >= 11 is 6.04. The molecular weight excluding hydrogens is 340 g/mol. The topological polar surface area (TPSA) is 59.6 Å². The molecule has 0 aliphatic heterocycles. The molecule has 134 valence electrons. The zero-order valence-corrected chi connectivity index (χ0v) is 15.4. The van der Waals surface area contributed by atoms with Crippen LogP contribution in [0.3, 0.4) is 0 Å². The number of methoxy groups -OCH3 is 1. The van der Waals surface area contributed by atoms with Crippen molar-refractivity contribution in [3.8, 4) is 11.5 Å². The highest BCUT2D eigenvalue weighted by atomic mass is 35.5. The molecule has 0 aliphatic rings.